The van der Waals surface area contributed by atoms with E-state index in [1.165, 1.54) is 23.6 Å². The molecular weight excluding hydrogens is 362 g/mol. The summed E-state index contributed by atoms with van der Waals surface area (Å²) in [6.07, 6.45) is 1.49. The summed E-state index contributed by atoms with van der Waals surface area (Å²) in [6, 6.07) is 20.9. The third-order valence-electron chi connectivity index (χ3n) is 6.01. The molecule has 2 heterocycles. The monoisotopic (exact) mass is 387 g/mol. The molecule has 0 spiro atoms. The van der Waals surface area contributed by atoms with Crippen LogP contribution >= 0.6 is 0 Å². The smallest absolute Gasteiger partial charge is 0.307 e. The quantitative estimate of drug-likeness (QED) is 0.618. The fourth-order valence-corrected chi connectivity index (χ4v) is 4.68. The number of esters is 1. The molecule has 0 fully saturated rings. The summed E-state index contributed by atoms with van der Waals surface area (Å²) in [5, 5.41) is 10.7. The zero-order valence-corrected chi connectivity index (χ0v) is 16.8. The Bertz CT molecular complexity index is 1060. The number of rotatable bonds is 5. The number of para-hydroxylation sites is 1. The predicted molar refractivity (Wildman–Crippen MR) is 112 cm³/mol. The SMILES string of the molecule is COC(=O)CC1c2c(c3ccccc3n2C)CC(CC#N)N1Cc1ccccc1. The number of ether oxygens (including phenoxy) is 1. The average molecular weight is 387 g/mol. The van der Waals surface area contributed by atoms with E-state index in [1.807, 2.05) is 30.3 Å². The Morgan fingerprint density at radius 1 is 1.17 bits per heavy atom. The zero-order valence-electron chi connectivity index (χ0n) is 16.8. The van der Waals surface area contributed by atoms with Gasteiger partial charge in [0.15, 0.2) is 0 Å². The Balaban J connectivity index is 1.86. The van der Waals surface area contributed by atoms with Crippen molar-refractivity contribution < 1.29 is 9.53 Å². The Morgan fingerprint density at radius 3 is 2.62 bits per heavy atom. The molecule has 0 saturated carbocycles. The van der Waals surface area contributed by atoms with Crippen LogP contribution in [0.3, 0.4) is 0 Å². The number of nitrogens with zero attached hydrogens (tertiary/aromatic N) is 3. The first-order valence-electron chi connectivity index (χ1n) is 9.93. The van der Waals surface area contributed by atoms with Crippen LogP contribution in [0.25, 0.3) is 10.9 Å². The molecule has 1 aliphatic heterocycles. The highest BCUT2D eigenvalue weighted by atomic mass is 16.5. The number of nitriles is 1. The summed E-state index contributed by atoms with van der Waals surface area (Å²) in [5.41, 5.74) is 4.74. The third kappa shape index (κ3) is 3.52. The van der Waals surface area contributed by atoms with Crippen molar-refractivity contribution in [3.8, 4) is 6.07 Å². The maximum absolute atomic E-state index is 12.4. The highest BCUT2D eigenvalue weighted by Gasteiger charge is 2.39. The summed E-state index contributed by atoms with van der Waals surface area (Å²) in [5.74, 6) is -0.234. The molecule has 29 heavy (non-hydrogen) atoms. The van der Waals surface area contributed by atoms with Gasteiger partial charge in [-0.15, -0.1) is 0 Å². The number of aryl methyl sites for hydroxylation is 1. The van der Waals surface area contributed by atoms with Crippen LogP contribution in [0.2, 0.25) is 0 Å². The lowest BCUT2D eigenvalue weighted by molar-refractivity contribution is -0.142. The van der Waals surface area contributed by atoms with Crippen molar-refractivity contribution in [2.24, 2.45) is 7.05 Å². The number of carbonyl (C=O) groups is 1. The van der Waals surface area contributed by atoms with Crippen molar-refractivity contribution in [3.63, 3.8) is 0 Å². The molecule has 3 aromatic rings. The normalized spacial score (nSPS) is 18.9. The van der Waals surface area contributed by atoms with E-state index in [2.05, 4.69) is 46.8 Å². The van der Waals surface area contributed by atoms with Crippen LogP contribution in [0.5, 0.6) is 0 Å². The van der Waals surface area contributed by atoms with Crippen molar-refractivity contribution in [1.82, 2.24) is 9.47 Å². The topological polar surface area (TPSA) is 58.3 Å². The lowest BCUT2D eigenvalue weighted by Crippen LogP contribution is -2.44. The highest BCUT2D eigenvalue weighted by Crippen LogP contribution is 2.42. The first-order chi connectivity index (χ1) is 14.1. The molecule has 5 nitrogen and oxygen atoms in total. The van der Waals surface area contributed by atoms with Crippen molar-refractivity contribution >= 4 is 16.9 Å². The van der Waals surface area contributed by atoms with Gasteiger partial charge in [0.2, 0.25) is 0 Å². The minimum Gasteiger partial charge on any atom is -0.469 e. The van der Waals surface area contributed by atoms with E-state index in [4.69, 9.17) is 4.74 Å². The van der Waals surface area contributed by atoms with Gasteiger partial charge in [0, 0.05) is 36.2 Å². The first-order valence-corrected chi connectivity index (χ1v) is 9.93. The summed E-state index contributed by atoms with van der Waals surface area (Å²) in [4.78, 5) is 14.7. The fraction of sp³-hybridized carbons (Fsp3) is 0.333. The van der Waals surface area contributed by atoms with E-state index in [0.717, 1.165) is 17.6 Å². The van der Waals surface area contributed by atoms with Gasteiger partial charge in [0.25, 0.3) is 0 Å². The number of fused-ring (bicyclic) bond motifs is 3. The summed E-state index contributed by atoms with van der Waals surface area (Å²) in [6.45, 7) is 0.690. The molecule has 1 aliphatic rings. The number of hydrogen-bond acceptors (Lipinski definition) is 4. The summed E-state index contributed by atoms with van der Waals surface area (Å²) in [7, 11) is 3.50. The van der Waals surface area contributed by atoms with Gasteiger partial charge >= 0.3 is 5.97 Å². The lowest BCUT2D eigenvalue weighted by atomic mass is 9.88. The molecular formula is C24H25N3O2. The molecule has 2 unspecified atom stereocenters. The molecule has 2 atom stereocenters. The number of benzene rings is 2. The van der Waals surface area contributed by atoms with Gasteiger partial charge in [0.05, 0.1) is 32.1 Å². The van der Waals surface area contributed by atoms with Gasteiger partial charge < -0.3 is 9.30 Å². The Morgan fingerprint density at radius 2 is 1.90 bits per heavy atom. The van der Waals surface area contributed by atoms with Gasteiger partial charge in [-0.3, -0.25) is 9.69 Å². The molecule has 0 radical (unpaired) electrons. The van der Waals surface area contributed by atoms with E-state index in [-0.39, 0.29) is 24.5 Å². The van der Waals surface area contributed by atoms with Crippen LogP contribution in [0.15, 0.2) is 54.6 Å². The molecule has 4 rings (SSSR count). The number of methoxy groups -OCH3 is 1. The van der Waals surface area contributed by atoms with Crippen molar-refractivity contribution in [1.29, 1.82) is 5.26 Å². The minimum absolute atomic E-state index is 0.0492. The highest BCUT2D eigenvalue weighted by molar-refractivity contribution is 5.86. The predicted octanol–water partition coefficient (Wildman–Crippen LogP) is 4.12. The first kappa shape index (κ1) is 19.2. The van der Waals surface area contributed by atoms with Crippen LogP contribution in [0.4, 0.5) is 0 Å². The van der Waals surface area contributed by atoms with Crippen LogP contribution in [-0.2, 0) is 29.5 Å². The van der Waals surface area contributed by atoms with Gasteiger partial charge in [-0.05, 0) is 23.6 Å². The van der Waals surface area contributed by atoms with E-state index < -0.39 is 0 Å². The third-order valence-corrected chi connectivity index (χ3v) is 6.01. The van der Waals surface area contributed by atoms with Gasteiger partial charge in [0.1, 0.15) is 0 Å². The van der Waals surface area contributed by atoms with Crippen molar-refractivity contribution in [2.45, 2.75) is 37.9 Å². The van der Waals surface area contributed by atoms with Gasteiger partial charge in [-0.25, -0.2) is 0 Å². The summed E-state index contributed by atoms with van der Waals surface area (Å²) >= 11 is 0. The Hall–Kier alpha value is -3.10. The largest absolute Gasteiger partial charge is 0.469 e. The molecule has 0 bridgehead atoms. The van der Waals surface area contributed by atoms with E-state index in [1.54, 1.807) is 0 Å². The number of hydrogen-bond donors (Lipinski definition) is 0. The molecule has 0 saturated heterocycles. The van der Waals surface area contributed by atoms with Gasteiger partial charge in [-0.2, -0.15) is 5.26 Å². The molecule has 2 aromatic carbocycles. The molecule has 5 heteroatoms. The second-order valence-corrected chi connectivity index (χ2v) is 7.61. The van der Waals surface area contributed by atoms with E-state index >= 15 is 0 Å². The van der Waals surface area contributed by atoms with Crippen LogP contribution in [0, 0.1) is 11.3 Å². The average Bonchev–Trinajstić information content (AvgIpc) is 3.03. The Kier molecular flexibility index (Phi) is 5.37. The van der Waals surface area contributed by atoms with Crippen molar-refractivity contribution in [2.75, 3.05) is 7.11 Å². The lowest BCUT2D eigenvalue weighted by Gasteiger charge is -2.41. The van der Waals surface area contributed by atoms with E-state index in [9.17, 15) is 10.1 Å². The molecule has 0 N–H and O–H groups in total. The van der Waals surface area contributed by atoms with Crippen LogP contribution < -0.4 is 0 Å². The maximum atomic E-state index is 12.4. The fourth-order valence-electron chi connectivity index (χ4n) is 4.68. The minimum atomic E-state index is -0.234. The standard InChI is InChI=1S/C24H25N3O2/c1-26-21-11-7-6-10-19(21)20-14-18(12-13-25)27(16-17-8-4-3-5-9-17)22(24(20)26)15-23(28)29-2/h3-11,18,22H,12,14-16H2,1-2H3. The van der Waals surface area contributed by atoms with Crippen LogP contribution in [0.1, 0.15) is 35.7 Å². The number of carbonyl (C=O) groups excluding carboxylic acids is 1. The molecule has 0 aliphatic carbocycles. The van der Waals surface area contributed by atoms with E-state index in [0.29, 0.717) is 13.0 Å². The summed E-state index contributed by atoms with van der Waals surface area (Å²) < 4.78 is 7.24. The Labute approximate surface area is 171 Å². The maximum Gasteiger partial charge on any atom is 0.307 e. The zero-order chi connectivity index (χ0) is 20.4. The molecule has 0 amide bonds. The molecule has 148 valence electrons. The van der Waals surface area contributed by atoms with Crippen LogP contribution in [-0.4, -0.2) is 28.6 Å². The number of aromatic nitrogens is 1. The van der Waals surface area contributed by atoms with Crippen molar-refractivity contribution in [3.05, 3.63) is 71.4 Å². The second-order valence-electron chi connectivity index (χ2n) is 7.61. The van der Waals surface area contributed by atoms with Gasteiger partial charge in [-0.1, -0.05) is 48.5 Å². The second kappa shape index (κ2) is 8.10. The molecule has 1 aromatic heterocycles.